The zero-order valence-electron chi connectivity index (χ0n) is 13.7. The minimum atomic E-state index is -0.0186. The van der Waals surface area contributed by atoms with Crippen molar-refractivity contribution in [2.45, 2.75) is 19.6 Å². The van der Waals surface area contributed by atoms with Crippen molar-refractivity contribution in [2.75, 3.05) is 20.2 Å². The van der Waals surface area contributed by atoms with Gasteiger partial charge < -0.3 is 15.4 Å². The quantitative estimate of drug-likeness (QED) is 0.609. The highest BCUT2D eigenvalue weighted by Crippen LogP contribution is 2.14. The Morgan fingerprint density at radius 3 is 2.57 bits per heavy atom. The van der Waals surface area contributed by atoms with Crippen LogP contribution in [0.4, 0.5) is 0 Å². The third kappa shape index (κ3) is 5.71. The first-order valence-corrected chi connectivity index (χ1v) is 7.83. The van der Waals surface area contributed by atoms with E-state index in [0.717, 1.165) is 23.8 Å². The number of nitrogens with zero attached hydrogens (tertiary/aromatic N) is 2. The van der Waals surface area contributed by atoms with Gasteiger partial charge in [0.1, 0.15) is 0 Å². The topological polar surface area (TPSA) is 58.5 Å². The summed E-state index contributed by atoms with van der Waals surface area (Å²) in [5, 5.41) is 6.57. The van der Waals surface area contributed by atoms with Crippen LogP contribution in [0.2, 0.25) is 0 Å². The molecule has 0 fully saturated rings. The first kappa shape index (κ1) is 17.0. The van der Waals surface area contributed by atoms with E-state index in [2.05, 4.69) is 32.7 Å². The number of hydrogen-bond donors (Lipinski definition) is 2. The molecule has 5 nitrogen and oxygen atoms in total. The Kier molecular flexibility index (Phi) is 7.07. The summed E-state index contributed by atoms with van der Waals surface area (Å²) in [7, 11) is 1.72. The van der Waals surface area contributed by atoms with E-state index in [1.807, 2.05) is 43.3 Å². The number of guanidine groups is 1. The van der Waals surface area contributed by atoms with Gasteiger partial charge in [-0.3, -0.25) is 4.98 Å². The minimum Gasteiger partial charge on any atom is -0.375 e. The molecular formula is C18H24N4O. The number of rotatable bonds is 7. The Bertz CT molecular complexity index is 586. The molecule has 1 aromatic heterocycles. The molecule has 23 heavy (non-hydrogen) atoms. The Morgan fingerprint density at radius 1 is 1.13 bits per heavy atom. The molecule has 1 atom stereocenters. The Hall–Kier alpha value is -2.40. The molecule has 122 valence electrons. The van der Waals surface area contributed by atoms with Crippen molar-refractivity contribution < 1.29 is 4.74 Å². The van der Waals surface area contributed by atoms with E-state index in [0.29, 0.717) is 13.1 Å². The molecule has 0 aliphatic carbocycles. The molecule has 0 radical (unpaired) electrons. The molecule has 2 aromatic rings. The first-order valence-electron chi connectivity index (χ1n) is 7.83. The maximum absolute atomic E-state index is 5.57. The number of aliphatic imine (C=N–C) groups is 1. The molecule has 0 saturated heterocycles. The zero-order chi connectivity index (χ0) is 16.3. The van der Waals surface area contributed by atoms with Crippen LogP contribution in [-0.4, -0.2) is 31.1 Å². The van der Waals surface area contributed by atoms with E-state index in [-0.39, 0.29) is 6.10 Å². The van der Waals surface area contributed by atoms with E-state index >= 15 is 0 Å². The SMILES string of the molecule is CCNC(=NCc1ccccn1)NCC(OC)c1ccccc1. The number of hydrogen-bond acceptors (Lipinski definition) is 3. The van der Waals surface area contributed by atoms with Crippen LogP contribution in [0.1, 0.15) is 24.3 Å². The van der Waals surface area contributed by atoms with Crippen LogP contribution < -0.4 is 10.6 Å². The van der Waals surface area contributed by atoms with E-state index in [4.69, 9.17) is 4.74 Å². The van der Waals surface area contributed by atoms with Gasteiger partial charge in [-0.2, -0.15) is 0 Å². The minimum absolute atomic E-state index is 0.0186. The zero-order valence-corrected chi connectivity index (χ0v) is 13.7. The smallest absolute Gasteiger partial charge is 0.191 e. The molecule has 1 aromatic carbocycles. The van der Waals surface area contributed by atoms with Gasteiger partial charge in [-0.05, 0) is 24.6 Å². The molecular weight excluding hydrogens is 288 g/mol. The maximum atomic E-state index is 5.57. The van der Waals surface area contributed by atoms with Gasteiger partial charge in [-0.15, -0.1) is 0 Å². The first-order chi connectivity index (χ1) is 11.3. The molecule has 2 N–H and O–H groups in total. The van der Waals surface area contributed by atoms with Crippen molar-refractivity contribution in [3.8, 4) is 0 Å². The van der Waals surface area contributed by atoms with E-state index < -0.39 is 0 Å². The van der Waals surface area contributed by atoms with Gasteiger partial charge in [0.15, 0.2) is 5.96 Å². The molecule has 5 heteroatoms. The second-order valence-corrected chi connectivity index (χ2v) is 5.03. The van der Waals surface area contributed by atoms with Gasteiger partial charge in [-0.25, -0.2) is 4.99 Å². The highest BCUT2D eigenvalue weighted by atomic mass is 16.5. The molecule has 0 saturated carbocycles. The lowest BCUT2D eigenvalue weighted by atomic mass is 10.1. The van der Waals surface area contributed by atoms with Gasteiger partial charge in [0.25, 0.3) is 0 Å². The van der Waals surface area contributed by atoms with Crippen LogP contribution in [-0.2, 0) is 11.3 Å². The van der Waals surface area contributed by atoms with Crippen molar-refractivity contribution in [1.82, 2.24) is 15.6 Å². The highest BCUT2D eigenvalue weighted by Gasteiger charge is 2.10. The predicted octanol–water partition coefficient (Wildman–Crippen LogP) is 2.52. The van der Waals surface area contributed by atoms with Crippen molar-refractivity contribution in [3.63, 3.8) is 0 Å². The number of ether oxygens (including phenoxy) is 1. The third-order valence-corrected chi connectivity index (χ3v) is 3.38. The summed E-state index contributed by atoms with van der Waals surface area (Å²) in [6, 6.07) is 16.0. The lowest BCUT2D eigenvalue weighted by Crippen LogP contribution is -2.39. The molecule has 0 bridgehead atoms. The maximum Gasteiger partial charge on any atom is 0.191 e. The molecule has 0 amide bonds. The van der Waals surface area contributed by atoms with Gasteiger partial charge in [0, 0.05) is 26.4 Å². The van der Waals surface area contributed by atoms with Crippen LogP contribution in [0.3, 0.4) is 0 Å². The van der Waals surface area contributed by atoms with Crippen LogP contribution in [0.5, 0.6) is 0 Å². The number of aromatic nitrogens is 1. The van der Waals surface area contributed by atoms with Crippen LogP contribution in [0.15, 0.2) is 59.7 Å². The van der Waals surface area contributed by atoms with Crippen molar-refractivity contribution in [1.29, 1.82) is 0 Å². The molecule has 2 rings (SSSR count). The lowest BCUT2D eigenvalue weighted by Gasteiger charge is -2.18. The summed E-state index contributed by atoms with van der Waals surface area (Å²) in [6.45, 7) is 4.04. The molecule has 0 aliphatic rings. The summed E-state index contributed by atoms with van der Waals surface area (Å²) in [4.78, 5) is 8.84. The Balaban J connectivity index is 1.95. The monoisotopic (exact) mass is 312 g/mol. The second kappa shape index (κ2) is 9.58. The van der Waals surface area contributed by atoms with Gasteiger partial charge in [-0.1, -0.05) is 36.4 Å². The normalized spacial score (nSPS) is 12.7. The Morgan fingerprint density at radius 2 is 1.91 bits per heavy atom. The van der Waals surface area contributed by atoms with Gasteiger partial charge in [0.05, 0.1) is 18.3 Å². The van der Waals surface area contributed by atoms with Gasteiger partial charge >= 0.3 is 0 Å². The predicted molar refractivity (Wildman–Crippen MR) is 93.2 cm³/mol. The number of pyridine rings is 1. The fourth-order valence-corrected chi connectivity index (χ4v) is 2.19. The number of methoxy groups -OCH3 is 1. The average Bonchev–Trinajstić information content (AvgIpc) is 2.62. The molecule has 0 spiro atoms. The molecule has 1 unspecified atom stereocenters. The summed E-state index contributed by atoms with van der Waals surface area (Å²) in [5.74, 6) is 0.760. The second-order valence-electron chi connectivity index (χ2n) is 5.03. The van der Waals surface area contributed by atoms with Crippen LogP contribution >= 0.6 is 0 Å². The Labute approximate surface area is 137 Å². The number of benzene rings is 1. The largest absolute Gasteiger partial charge is 0.375 e. The average molecular weight is 312 g/mol. The third-order valence-electron chi connectivity index (χ3n) is 3.38. The number of nitrogens with one attached hydrogen (secondary N) is 2. The van der Waals surface area contributed by atoms with Crippen LogP contribution in [0, 0.1) is 0 Å². The summed E-state index contributed by atoms with van der Waals surface area (Å²) < 4.78 is 5.57. The molecule has 0 aliphatic heterocycles. The fraction of sp³-hybridized carbons (Fsp3) is 0.333. The van der Waals surface area contributed by atoms with E-state index in [1.165, 1.54) is 0 Å². The molecule has 1 heterocycles. The summed E-state index contributed by atoms with van der Waals surface area (Å²) in [6.07, 6.45) is 1.76. The fourth-order valence-electron chi connectivity index (χ4n) is 2.19. The summed E-state index contributed by atoms with van der Waals surface area (Å²) >= 11 is 0. The van der Waals surface area contributed by atoms with Crippen LogP contribution in [0.25, 0.3) is 0 Å². The van der Waals surface area contributed by atoms with E-state index in [1.54, 1.807) is 13.3 Å². The van der Waals surface area contributed by atoms with Crippen molar-refractivity contribution in [3.05, 3.63) is 66.0 Å². The van der Waals surface area contributed by atoms with E-state index in [9.17, 15) is 0 Å². The van der Waals surface area contributed by atoms with Gasteiger partial charge in [0.2, 0.25) is 0 Å². The van der Waals surface area contributed by atoms with Crippen molar-refractivity contribution >= 4 is 5.96 Å². The lowest BCUT2D eigenvalue weighted by molar-refractivity contribution is 0.106. The van der Waals surface area contributed by atoms with Crippen molar-refractivity contribution in [2.24, 2.45) is 4.99 Å². The highest BCUT2D eigenvalue weighted by molar-refractivity contribution is 5.79. The standard InChI is InChI=1S/C18H24N4O/c1-3-19-18(21-13-16-11-7-8-12-20-16)22-14-17(23-2)15-9-5-4-6-10-15/h4-12,17H,3,13-14H2,1-2H3,(H2,19,21,22). The summed E-state index contributed by atoms with van der Waals surface area (Å²) in [5.41, 5.74) is 2.08.